The first-order valence-corrected chi connectivity index (χ1v) is 9.43. The highest BCUT2D eigenvalue weighted by molar-refractivity contribution is 5.93. The summed E-state index contributed by atoms with van der Waals surface area (Å²) in [4.78, 5) is 36.3. The van der Waals surface area contributed by atoms with E-state index in [1.807, 2.05) is 0 Å². The summed E-state index contributed by atoms with van der Waals surface area (Å²) in [7, 11) is 0. The zero-order valence-corrected chi connectivity index (χ0v) is 16.9. The molecule has 2 aromatic carbocycles. The molecule has 0 unspecified atom stereocenters. The van der Waals surface area contributed by atoms with E-state index < -0.39 is 88.3 Å². The molecule has 13 nitrogen and oxygen atoms in total. The van der Waals surface area contributed by atoms with Crippen LogP contribution in [-0.2, 0) is 14.3 Å². The van der Waals surface area contributed by atoms with E-state index in [0.717, 1.165) is 30.3 Å². The number of phenols is 6. The largest absolute Gasteiger partial charge is 0.504 e. The second-order valence-electron chi connectivity index (χ2n) is 7.23. The maximum absolute atomic E-state index is 12.4. The molecular formula is C21H18O13. The fourth-order valence-corrected chi connectivity index (χ4v) is 3.13. The van der Waals surface area contributed by atoms with Crippen molar-refractivity contribution < 1.29 is 64.7 Å². The standard InChI is InChI=1S/C21H18O13/c22-10-1-8(2-11(23)16(10)26)20(31)33-14-5-7(19(29)30)6-15(18(14)28)34-21(32)9-3-12(24)17(27)13(25)4-9/h1-5,14-15,18,22-28H,6H2,(H,29,30)/t14-,15-,18+/m1/s1. The molecule has 0 bridgehead atoms. The summed E-state index contributed by atoms with van der Waals surface area (Å²) >= 11 is 0. The van der Waals surface area contributed by atoms with E-state index in [1.54, 1.807) is 0 Å². The fraction of sp³-hybridized carbons (Fsp3) is 0.190. The average molecular weight is 478 g/mol. The Bertz CT molecular complexity index is 1150. The molecule has 0 fully saturated rings. The second-order valence-corrected chi connectivity index (χ2v) is 7.23. The summed E-state index contributed by atoms with van der Waals surface area (Å²) in [5.74, 6) is -9.03. The summed E-state index contributed by atoms with van der Waals surface area (Å²) in [6.07, 6.45) is -4.55. The van der Waals surface area contributed by atoms with E-state index in [2.05, 4.69) is 0 Å². The van der Waals surface area contributed by atoms with Crippen LogP contribution >= 0.6 is 0 Å². The zero-order chi connectivity index (χ0) is 25.3. The number of aliphatic carboxylic acids is 1. The molecule has 13 heteroatoms. The number of aliphatic hydroxyl groups excluding tert-OH is 1. The Kier molecular flexibility index (Phi) is 6.40. The first kappa shape index (κ1) is 24.0. The normalized spacial score (nSPS) is 19.7. The predicted molar refractivity (Wildman–Crippen MR) is 108 cm³/mol. The molecule has 8 N–H and O–H groups in total. The van der Waals surface area contributed by atoms with Crippen molar-refractivity contribution in [1.29, 1.82) is 0 Å². The van der Waals surface area contributed by atoms with Crippen LogP contribution in [0.15, 0.2) is 35.9 Å². The van der Waals surface area contributed by atoms with Crippen LogP contribution in [0.25, 0.3) is 0 Å². The van der Waals surface area contributed by atoms with Gasteiger partial charge in [0.2, 0.25) is 0 Å². The fourth-order valence-electron chi connectivity index (χ4n) is 3.13. The van der Waals surface area contributed by atoms with Crippen LogP contribution in [0.4, 0.5) is 0 Å². The van der Waals surface area contributed by atoms with E-state index in [0.29, 0.717) is 0 Å². The highest BCUT2D eigenvalue weighted by Crippen LogP contribution is 2.37. The predicted octanol–water partition coefficient (Wildman–Crippen LogP) is 0.447. The Morgan fingerprint density at radius 1 is 0.735 bits per heavy atom. The molecular weight excluding hydrogens is 460 g/mol. The number of rotatable bonds is 5. The summed E-state index contributed by atoms with van der Waals surface area (Å²) in [6.45, 7) is 0. The molecule has 0 aliphatic heterocycles. The number of carbonyl (C=O) groups excluding carboxylic acids is 2. The van der Waals surface area contributed by atoms with Gasteiger partial charge in [-0.2, -0.15) is 0 Å². The number of hydrogen-bond acceptors (Lipinski definition) is 12. The van der Waals surface area contributed by atoms with Gasteiger partial charge in [0.05, 0.1) is 11.1 Å². The van der Waals surface area contributed by atoms with E-state index in [9.17, 15) is 55.2 Å². The minimum atomic E-state index is -1.77. The molecule has 0 saturated heterocycles. The smallest absolute Gasteiger partial charge is 0.339 e. The van der Waals surface area contributed by atoms with Crippen molar-refractivity contribution in [3.05, 3.63) is 47.0 Å². The maximum Gasteiger partial charge on any atom is 0.339 e. The van der Waals surface area contributed by atoms with Crippen LogP contribution in [-0.4, -0.2) is 77.1 Å². The van der Waals surface area contributed by atoms with Gasteiger partial charge < -0.3 is 50.3 Å². The number of carboxylic acid groups (broad SMARTS) is 1. The lowest BCUT2D eigenvalue weighted by Gasteiger charge is -2.32. The van der Waals surface area contributed by atoms with Crippen LogP contribution in [0.5, 0.6) is 34.5 Å². The number of esters is 2. The van der Waals surface area contributed by atoms with Crippen LogP contribution < -0.4 is 0 Å². The molecule has 1 aliphatic rings. The zero-order valence-electron chi connectivity index (χ0n) is 16.9. The van der Waals surface area contributed by atoms with Gasteiger partial charge in [-0.3, -0.25) is 0 Å². The van der Waals surface area contributed by atoms with Gasteiger partial charge in [-0.25, -0.2) is 14.4 Å². The van der Waals surface area contributed by atoms with Gasteiger partial charge in [0, 0.05) is 12.0 Å². The van der Waals surface area contributed by atoms with Crippen molar-refractivity contribution in [3.63, 3.8) is 0 Å². The molecule has 0 radical (unpaired) electrons. The van der Waals surface area contributed by atoms with Crippen molar-refractivity contribution in [2.24, 2.45) is 0 Å². The van der Waals surface area contributed by atoms with Gasteiger partial charge in [-0.05, 0) is 30.3 Å². The molecule has 1 aliphatic carbocycles. The van der Waals surface area contributed by atoms with Crippen LogP contribution in [0, 0.1) is 0 Å². The Morgan fingerprint density at radius 3 is 1.56 bits per heavy atom. The van der Waals surface area contributed by atoms with Crippen molar-refractivity contribution in [1.82, 2.24) is 0 Å². The monoisotopic (exact) mass is 478 g/mol. The Balaban J connectivity index is 1.84. The number of hydrogen-bond donors (Lipinski definition) is 8. The summed E-state index contributed by atoms with van der Waals surface area (Å²) < 4.78 is 10.1. The van der Waals surface area contributed by atoms with E-state index in [-0.39, 0.29) is 5.57 Å². The maximum atomic E-state index is 12.4. The SMILES string of the molecule is O=C(O)C1=C[C@@H](OC(=O)c2cc(O)c(O)c(O)c2)[C@H](O)[C@H](OC(=O)c2cc(O)c(O)c(O)c2)C1. The second kappa shape index (κ2) is 9.07. The van der Waals surface area contributed by atoms with Crippen LogP contribution in [0.1, 0.15) is 27.1 Å². The summed E-state index contributed by atoms with van der Waals surface area (Å²) in [6, 6.07) is 3.05. The topological polar surface area (TPSA) is 232 Å². The third-order valence-corrected chi connectivity index (χ3v) is 4.89. The molecule has 180 valence electrons. The molecule has 3 rings (SSSR count). The van der Waals surface area contributed by atoms with Crippen LogP contribution in [0.2, 0.25) is 0 Å². The number of carboxylic acids is 1. The van der Waals surface area contributed by atoms with Gasteiger partial charge in [-0.15, -0.1) is 0 Å². The molecule has 0 heterocycles. The number of phenolic OH excluding ortho intramolecular Hbond substituents is 6. The van der Waals surface area contributed by atoms with E-state index in [4.69, 9.17) is 9.47 Å². The number of benzene rings is 2. The van der Waals surface area contributed by atoms with Crippen molar-refractivity contribution in [3.8, 4) is 34.5 Å². The molecule has 2 aromatic rings. The third kappa shape index (κ3) is 4.73. The Hall–Kier alpha value is -4.65. The Morgan fingerprint density at radius 2 is 1.15 bits per heavy atom. The van der Waals surface area contributed by atoms with E-state index in [1.165, 1.54) is 0 Å². The highest BCUT2D eigenvalue weighted by atomic mass is 16.6. The average Bonchev–Trinajstić information content (AvgIpc) is 2.77. The lowest BCUT2D eigenvalue weighted by atomic mass is 9.91. The molecule has 34 heavy (non-hydrogen) atoms. The van der Waals surface area contributed by atoms with E-state index >= 15 is 0 Å². The first-order chi connectivity index (χ1) is 15.9. The quantitative estimate of drug-likeness (QED) is 0.216. The number of carbonyl (C=O) groups is 3. The molecule has 0 amide bonds. The van der Waals surface area contributed by atoms with Crippen molar-refractivity contribution in [2.75, 3.05) is 0 Å². The third-order valence-electron chi connectivity index (χ3n) is 4.89. The first-order valence-electron chi connectivity index (χ1n) is 9.43. The van der Waals surface area contributed by atoms with Gasteiger partial charge in [0.25, 0.3) is 0 Å². The minimum Gasteiger partial charge on any atom is -0.504 e. The molecule has 0 spiro atoms. The minimum absolute atomic E-state index is 0.381. The van der Waals surface area contributed by atoms with Gasteiger partial charge in [0.1, 0.15) is 12.2 Å². The number of aliphatic hydroxyl groups is 1. The Labute approximate surface area is 189 Å². The molecule has 3 atom stereocenters. The highest BCUT2D eigenvalue weighted by Gasteiger charge is 2.39. The summed E-state index contributed by atoms with van der Waals surface area (Å²) in [5, 5.41) is 76.8. The molecule has 0 aromatic heterocycles. The summed E-state index contributed by atoms with van der Waals surface area (Å²) in [5.41, 5.74) is -1.26. The lowest BCUT2D eigenvalue weighted by molar-refractivity contribution is -0.134. The lowest BCUT2D eigenvalue weighted by Crippen LogP contribution is -2.45. The number of ether oxygens (including phenoxy) is 2. The van der Waals surface area contributed by atoms with Crippen LogP contribution in [0.3, 0.4) is 0 Å². The van der Waals surface area contributed by atoms with Crippen molar-refractivity contribution in [2.45, 2.75) is 24.7 Å². The molecule has 0 saturated carbocycles. The number of aromatic hydroxyl groups is 6. The van der Waals surface area contributed by atoms with Crippen molar-refractivity contribution >= 4 is 17.9 Å². The van der Waals surface area contributed by atoms with Gasteiger partial charge in [0.15, 0.2) is 40.6 Å². The van der Waals surface area contributed by atoms with Gasteiger partial charge in [-0.1, -0.05) is 0 Å². The van der Waals surface area contributed by atoms with Gasteiger partial charge >= 0.3 is 17.9 Å².